The van der Waals surface area contributed by atoms with Crippen LogP contribution in [0.2, 0.25) is 0 Å². The van der Waals surface area contributed by atoms with Crippen LogP contribution in [0.4, 0.5) is 10.5 Å². The Morgan fingerprint density at radius 1 is 0.754 bits per heavy atom. The van der Waals surface area contributed by atoms with Crippen LogP contribution in [0.25, 0.3) is 0 Å². The molecule has 1 N–H and O–H groups in total. The lowest BCUT2D eigenvalue weighted by molar-refractivity contribution is -0.179. The van der Waals surface area contributed by atoms with Gasteiger partial charge in [0.05, 0.1) is 44.5 Å². The molecule has 6 atom stereocenters. The highest BCUT2D eigenvalue weighted by Crippen LogP contribution is 2.66. The predicted octanol–water partition coefficient (Wildman–Crippen LogP) is 6.44. The number of fused-ring (bicyclic) bond motifs is 4. The lowest BCUT2D eigenvalue weighted by atomic mass is 9.65. The van der Waals surface area contributed by atoms with Crippen LogP contribution in [-0.2, 0) is 47.0 Å². The molecule has 312 valence electrons. The van der Waals surface area contributed by atoms with Crippen molar-refractivity contribution in [3.05, 3.63) is 155 Å². The number of hydrogen-bond donors (Lipinski definition) is 1. The average molecular weight is 824 g/mol. The van der Waals surface area contributed by atoms with Crippen LogP contribution in [0, 0.1) is 5.92 Å². The molecule has 0 radical (unpaired) electrons. The summed E-state index contributed by atoms with van der Waals surface area (Å²) < 4.78 is 28.6. The number of nitrogens with zero attached hydrogens (tertiary/aromatic N) is 3. The number of para-hydroxylation sites is 1. The van der Waals surface area contributed by atoms with Gasteiger partial charge in [-0.2, -0.15) is 0 Å². The van der Waals surface area contributed by atoms with Crippen molar-refractivity contribution in [1.82, 2.24) is 9.80 Å². The molecule has 1 spiro atoms. The fourth-order valence-electron chi connectivity index (χ4n) is 10.0. The molecule has 3 amide bonds. The number of rotatable bonds is 9. The number of phenols is 1. The number of benzene rings is 5. The van der Waals surface area contributed by atoms with Crippen LogP contribution < -0.4 is 14.4 Å². The quantitative estimate of drug-likeness (QED) is 0.130. The van der Waals surface area contributed by atoms with Crippen LogP contribution in [0.1, 0.15) is 51.6 Å². The van der Waals surface area contributed by atoms with Crippen LogP contribution in [-0.4, -0.2) is 85.9 Å². The third-order valence-electron chi connectivity index (χ3n) is 12.6. The van der Waals surface area contributed by atoms with Crippen molar-refractivity contribution in [2.24, 2.45) is 5.92 Å². The molecule has 0 bridgehead atoms. The van der Waals surface area contributed by atoms with Crippen molar-refractivity contribution in [2.75, 3.05) is 46.0 Å². The third kappa shape index (κ3) is 6.38. The number of carbonyl (C=O) groups excluding carboxylic acids is 4. The minimum Gasteiger partial charge on any atom is -0.508 e. The number of cyclic esters (lactones) is 1. The zero-order valence-corrected chi connectivity index (χ0v) is 33.9. The summed E-state index contributed by atoms with van der Waals surface area (Å²) in [6.45, 7) is 0.384. The van der Waals surface area contributed by atoms with E-state index in [-0.39, 0.29) is 37.7 Å². The number of aromatic hydroxyl groups is 1. The summed E-state index contributed by atoms with van der Waals surface area (Å²) in [4.78, 5) is 66.2. The molecule has 61 heavy (non-hydrogen) atoms. The van der Waals surface area contributed by atoms with Gasteiger partial charge in [-0.1, -0.05) is 91.0 Å². The van der Waals surface area contributed by atoms with Crippen molar-refractivity contribution in [2.45, 2.75) is 42.6 Å². The van der Waals surface area contributed by atoms with Crippen molar-refractivity contribution in [3.63, 3.8) is 0 Å². The number of carbonyl (C=O) groups is 4. The molecule has 4 heterocycles. The van der Waals surface area contributed by atoms with E-state index >= 15 is 14.4 Å². The number of amides is 3. The Kier molecular flexibility index (Phi) is 10.5. The van der Waals surface area contributed by atoms with Gasteiger partial charge < -0.3 is 33.7 Å². The van der Waals surface area contributed by atoms with Gasteiger partial charge in [-0.15, -0.1) is 0 Å². The van der Waals surface area contributed by atoms with Crippen molar-refractivity contribution >= 4 is 29.6 Å². The highest BCUT2D eigenvalue weighted by atomic mass is 16.6. The van der Waals surface area contributed by atoms with Gasteiger partial charge in [0, 0.05) is 20.2 Å². The Morgan fingerprint density at radius 3 is 2.07 bits per heavy atom. The molecular weight excluding hydrogens is 779 g/mol. The first kappa shape index (κ1) is 39.7. The molecular formula is C48H45N3O10. The fraction of sp³-hybridized carbons (Fsp3) is 0.292. The van der Waals surface area contributed by atoms with Gasteiger partial charge in [-0.25, -0.2) is 9.69 Å². The molecule has 2 fully saturated rings. The molecule has 5 aromatic carbocycles. The summed E-state index contributed by atoms with van der Waals surface area (Å²) in [5.41, 5.74) is 2.55. The predicted molar refractivity (Wildman–Crippen MR) is 222 cm³/mol. The first-order valence-corrected chi connectivity index (χ1v) is 20.2. The maximum absolute atomic E-state index is 16.1. The normalized spacial score (nSPS) is 24.1. The summed E-state index contributed by atoms with van der Waals surface area (Å²) in [6.07, 6.45) is -1.35. The molecule has 13 heteroatoms. The molecule has 2 saturated heterocycles. The fourth-order valence-corrected chi connectivity index (χ4v) is 10.0. The van der Waals surface area contributed by atoms with Crippen molar-refractivity contribution < 1.29 is 48.0 Å². The summed E-state index contributed by atoms with van der Waals surface area (Å²) in [7, 11) is 4.59. The highest BCUT2D eigenvalue weighted by Gasteiger charge is 2.76. The van der Waals surface area contributed by atoms with E-state index in [1.54, 1.807) is 55.5 Å². The average Bonchev–Trinajstić information content (AvgIpc) is 3.75. The summed E-state index contributed by atoms with van der Waals surface area (Å²) in [5, 5.41) is 10.6. The van der Waals surface area contributed by atoms with E-state index in [1.807, 2.05) is 77.7 Å². The van der Waals surface area contributed by atoms with Crippen LogP contribution in [0.3, 0.4) is 0 Å². The Labute approximate surface area is 352 Å². The van der Waals surface area contributed by atoms with Crippen LogP contribution >= 0.6 is 0 Å². The Bertz CT molecular complexity index is 2480. The molecule has 0 saturated carbocycles. The molecule has 9 rings (SSSR count). The van der Waals surface area contributed by atoms with E-state index in [0.717, 1.165) is 27.2 Å². The first-order valence-electron chi connectivity index (χ1n) is 20.2. The number of esters is 1. The molecule has 13 nitrogen and oxygen atoms in total. The minimum absolute atomic E-state index is 0.0136. The molecule has 4 aliphatic heterocycles. The lowest BCUT2D eigenvalue weighted by Gasteiger charge is -2.46. The number of anilines is 1. The van der Waals surface area contributed by atoms with Crippen LogP contribution in [0.15, 0.2) is 121 Å². The zero-order valence-electron chi connectivity index (χ0n) is 33.9. The molecule has 0 aliphatic carbocycles. The zero-order chi connectivity index (χ0) is 42.4. The van der Waals surface area contributed by atoms with Gasteiger partial charge in [0.1, 0.15) is 29.9 Å². The van der Waals surface area contributed by atoms with E-state index in [2.05, 4.69) is 0 Å². The second-order valence-electron chi connectivity index (χ2n) is 15.6. The van der Waals surface area contributed by atoms with E-state index in [1.165, 1.54) is 19.2 Å². The molecule has 5 aromatic rings. The maximum Gasteiger partial charge on any atom is 0.421 e. The van der Waals surface area contributed by atoms with Gasteiger partial charge in [-0.3, -0.25) is 19.3 Å². The molecule has 4 aliphatic rings. The topological polar surface area (TPSA) is 144 Å². The Morgan fingerprint density at radius 2 is 1.39 bits per heavy atom. The second kappa shape index (κ2) is 16.1. The number of phenolic OH excluding ortho intramolecular Hbond substituents is 1. The number of imide groups is 1. The highest BCUT2D eigenvalue weighted by molar-refractivity contribution is 6.23. The standard InChI is InChI=1S/C48H45N3O10/c1-57-24-25-60-47(56)50-36-17-11-10-16-35(36)48(46(50)55)39(44(53)49-23-22-32-26-37(58-2)38(59-3)27-33(32)28-49)41-45(54)61-42(30-14-8-5-9-15-30)40(29-12-6-4-7-13-29)51(41)43(48)31-18-20-34(52)21-19-31/h4-21,26-27,39-43,52H,22-25,28H2,1-3H3/t39-,40-,41-,42+,43+,48-/m1/s1. The van der Waals surface area contributed by atoms with E-state index in [0.29, 0.717) is 29.0 Å². The Hall–Kier alpha value is -6.70. The second-order valence-corrected chi connectivity index (χ2v) is 15.6. The van der Waals surface area contributed by atoms with E-state index in [9.17, 15) is 9.90 Å². The Balaban J connectivity index is 1.30. The largest absolute Gasteiger partial charge is 0.508 e. The smallest absolute Gasteiger partial charge is 0.421 e. The van der Waals surface area contributed by atoms with E-state index < -0.39 is 59.4 Å². The van der Waals surface area contributed by atoms with Crippen LogP contribution in [0.5, 0.6) is 17.2 Å². The first-order chi connectivity index (χ1) is 29.7. The van der Waals surface area contributed by atoms with Gasteiger partial charge in [-0.05, 0) is 70.1 Å². The summed E-state index contributed by atoms with van der Waals surface area (Å²) in [6, 6.07) is 32.9. The third-order valence-corrected chi connectivity index (χ3v) is 12.6. The van der Waals surface area contributed by atoms with E-state index in [4.69, 9.17) is 23.7 Å². The molecule has 0 aromatic heterocycles. The number of ether oxygens (including phenoxy) is 5. The number of methoxy groups -OCH3 is 3. The summed E-state index contributed by atoms with van der Waals surface area (Å²) in [5.74, 6) is -2.23. The number of hydrogen-bond acceptors (Lipinski definition) is 11. The molecule has 0 unspecified atom stereocenters. The number of morpholine rings is 1. The lowest BCUT2D eigenvalue weighted by Crippen LogP contribution is -2.57. The van der Waals surface area contributed by atoms with Gasteiger partial charge in [0.2, 0.25) is 11.8 Å². The van der Waals surface area contributed by atoms with Crippen molar-refractivity contribution in [3.8, 4) is 17.2 Å². The van der Waals surface area contributed by atoms with Gasteiger partial charge in [0.15, 0.2) is 11.5 Å². The SMILES string of the molecule is COCCOC(=O)N1C(=O)[C@@]2(c3ccccc31)[C@H](c1ccc(O)cc1)N1[C@H](c3ccccc3)[C@H](c3ccccc3)OC(=O)[C@H]1[C@@H]2C(=O)N1CCc2cc(OC)c(OC)cc2C1. The van der Waals surface area contributed by atoms with Gasteiger partial charge in [0.25, 0.3) is 0 Å². The summed E-state index contributed by atoms with van der Waals surface area (Å²) >= 11 is 0. The maximum atomic E-state index is 16.1. The van der Waals surface area contributed by atoms with Crippen molar-refractivity contribution in [1.29, 1.82) is 0 Å². The monoisotopic (exact) mass is 823 g/mol. The minimum atomic E-state index is -1.91. The van der Waals surface area contributed by atoms with Gasteiger partial charge >= 0.3 is 12.1 Å².